The van der Waals surface area contributed by atoms with E-state index in [2.05, 4.69) is 31.5 Å². The standard InChI is InChI=1S/C16H14BrN3O4/c17-13-6-12(8-18-9-13)15(22)24-10-14(21)20-16(23)19-7-11-4-2-1-3-5-11/h1-6,8-9H,7,10H2,(H2,19,20,21,23). The highest BCUT2D eigenvalue weighted by molar-refractivity contribution is 9.10. The van der Waals surface area contributed by atoms with Gasteiger partial charge in [-0.1, -0.05) is 30.3 Å². The third kappa shape index (κ3) is 5.81. The fraction of sp³-hybridized carbons (Fsp3) is 0.125. The molecule has 7 nitrogen and oxygen atoms in total. The molecular weight excluding hydrogens is 378 g/mol. The summed E-state index contributed by atoms with van der Waals surface area (Å²) in [6, 6.07) is 10.1. The second-order valence-electron chi connectivity index (χ2n) is 4.68. The van der Waals surface area contributed by atoms with Crippen molar-refractivity contribution in [1.82, 2.24) is 15.6 Å². The number of ether oxygens (including phenoxy) is 1. The maximum Gasteiger partial charge on any atom is 0.340 e. The van der Waals surface area contributed by atoms with Crippen LogP contribution in [0.15, 0.2) is 53.3 Å². The molecule has 0 bridgehead atoms. The predicted molar refractivity (Wildman–Crippen MR) is 89.0 cm³/mol. The number of halogens is 1. The van der Waals surface area contributed by atoms with Gasteiger partial charge in [0.05, 0.1) is 5.56 Å². The summed E-state index contributed by atoms with van der Waals surface area (Å²) in [5.74, 6) is -1.43. The Hall–Kier alpha value is -2.74. The summed E-state index contributed by atoms with van der Waals surface area (Å²) in [7, 11) is 0. The number of esters is 1. The third-order valence-corrected chi connectivity index (χ3v) is 3.26. The number of amides is 3. The van der Waals surface area contributed by atoms with Crippen molar-refractivity contribution in [2.75, 3.05) is 6.61 Å². The molecule has 2 rings (SSSR count). The van der Waals surface area contributed by atoms with Gasteiger partial charge in [-0.3, -0.25) is 15.1 Å². The largest absolute Gasteiger partial charge is 0.452 e. The van der Waals surface area contributed by atoms with Crippen molar-refractivity contribution in [3.05, 3.63) is 64.4 Å². The van der Waals surface area contributed by atoms with Crippen LogP contribution in [-0.2, 0) is 16.1 Å². The molecule has 24 heavy (non-hydrogen) atoms. The van der Waals surface area contributed by atoms with Gasteiger partial charge < -0.3 is 10.1 Å². The minimum absolute atomic E-state index is 0.200. The Morgan fingerprint density at radius 1 is 1.12 bits per heavy atom. The number of pyridine rings is 1. The van der Waals surface area contributed by atoms with Crippen LogP contribution in [0.3, 0.4) is 0 Å². The molecule has 0 aliphatic rings. The zero-order valence-electron chi connectivity index (χ0n) is 12.5. The van der Waals surface area contributed by atoms with E-state index in [0.717, 1.165) is 5.56 Å². The third-order valence-electron chi connectivity index (χ3n) is 2.82. The van der Waals surface area contributed by atoms with Gasteiger partial charge in [0.2, 0.25) is 0 Å². The molecule has 124 valence electrons. The smallest absolute Gasteiger partial charge is 0.340 e. The summed E-state index contributed by atoms with van der Waals surface area (Å²) in [6.07, 6.45) is 2.83. The fourth-order valence-electron chi connectivity index (χ4n) is 1.72. The number of nitrogens with zero attached hydrogens (tertiary/aromatic N) is 1. The molecule has 0 saturated heterocycles. The van der Waals surface area contributed by atoms with E-state index >= 15 is 0 Å². The van der Waals surface area contributed by atoms with Crippen LogP contribution in [0.2, 0.25) is 0 Å². The summed E-state index contributed by atoms with van der Waals surface area (Å²) in [6.45, 7) is -0.284. The minimum Gasteiger partial charge on any atom is -0.452 e. The number of carbonyl (C=O) groups is 3. The van der Waals surface area contributed by atoms with Crippen molar-refractivity contribution < 1.29 is 19.1 Å². The van der Waals surface area contributed by atoms with Crippen molar-refractivity contribution in [3.8, 4) is 0 Å². The summed E-state index contributed by atoms with van der Waals surface area (Å²) < 4.78 is 5.43. The number of carbonyl (C=O) groups excluding carboxylic acids is 3. The fourth-order valence-corrected chi connectivity index (χ4v) is 2.09. The molecule has 0 aliphatic heterocycles. The van der Waals surface area contributed by atoms with Crippen molar-refractivity contribution >= 4 is 33.8 Å². The number of imide groups is 1. The second kappa shape index (κ2) is 8.78. The first-order chi connectivity index (χ1) is 11.5. The topological polar surface area (TPSA) is 97.4 Å². The molecule has 1 heterocycles. The quantitative estimate of drug-likeness (QED) is 0.759. The van der Waals surface area contributed by atoms with Gasteiger partial charge in [-0.2, -0.15) is 0 Å². The number of hydrogen-bond acceptors (Lipinski definition) is 5. The van der Waals surface area contributed by atoms with Gasteiger partial charge >= 0.3 is 12.0 Å². The highest BCUT2D eigenvalue weighted by atomic mass is 79.9. The molecule has 0 saturated carbocycles. The first kappa shape index (κ1) is 17.6. The molecule has 1 aromatic carbocycles. The monoisotopic (exact) mass is 391 g/mol. The molecule has 2 aromatic rings. The summed E-state index contributed by atoms with van der Waals surface area (Å²) in [5, 5.41) is 4.61. The van der Waals surface area contributed by atoms with Crippen LogP contribution in [0.25, 0.3) is 0 Å². The Morgan fingerprint density at radius 2 is 1.88 bits per heavy atom. The number of nitrogens with one attached hydrogen (secondary N) is 2. The van der Waals surface area contributed by atoms with Gasteiger partial charge in [0.15, 0.2) is 6.61 Å². The second-order valence-corrected chi connectivity index (χ2v) is 5.60. The first-order valence-electron chi connectivity index (χ1n) is 6.94. The number of rotatable bonds is 5. The lowest BCUT2D eigenvalue weighted by Gasteiger charge is -2.07. The highest BCUT2D eigenvalue weighted by Gasteiger charge is 2.13. The molecule has 3 amide bonds. The van der Waals surface area contributed by atoms with Crippen molar-refractivity contribution in [3.63, 3.8) is 0 Å². The van der Waals surface area contributed by atoms with Crippen LogP contribution in [0.4, 0.5) is 4.79 Å². The lowest BCUT2D eigenvalue weighted by Crippen LogP contribution is -2.41. The van der Waals surface area contributed by atoms with Crippen molar-refractivity contribution in [2.45, 2.75) is 6.54 Å². The molecule has 0 spiro atoms. The van der Waals surface area contributed by atoms with E-state index in [1.807, 2.05) is 30.3 Å². The van der Waals surface area contributed by atoms with Crippen LogP contribution < -0.4 is 10.6 Å². The van der Waals surface area contributed by atoms with E-state index < -0.39 is 24.5 Å². The van der Waals surface area contributed by atoms with Crippen LogP contribution in [-0.4, -0.2) is 29.5 Å². The Labute approximate surface area is 146 Å². The van der Waals surface area contributed by atoms with Crippen LogP contribution in [0.5, 0.6) is 0 Å². The summed E-state index contributed by atoms with van der Waals surface area (Å²) in [5.41, 5.74) is 1.10. The first-order valence-corrected chi connectivity index (χ1v) is 7.73. The normalized spacial score (nSPS) is 9.88. The molecule has 1 aromatic heterocycles. The van der Waals surface area contributed by atoms with Gasteiger partial charge in [0, 0.05) is 23.4 Å². The Bertz CT molecular complexity index is 737. The van der Waals surface area contributed by atoms with Gasteiger partial charge in [-0.25, -0.2) is 9.59 Å². The van der Waals surface area contributed by atoms with Crippen molar-refractivity contribution in [2.24, 2.45) is 0 Å². The molecule has 0 radical (unpaired) electrons. The number of hydrogen-bond donors (Lipinski definition) is 2. The van der Waals surface area contributed by atoms with Crippen LogP contribution >= 0.6 is 15.9 Å². The average Bonchev–Trinajstić information content (AvgIpc) is 2.59. The Balaban J connectivity index is 1.72. The summed E-state index contributed by atoms with van der Waals surface area (Å²) >= 11 is 3.18. The van der Waals surface area contributed by atoms with Gasteiger partial charge in [-0.05, 0) is 27.6 Å². The maximum atomic E-state index is 11.7. The minimum atomic E-state index is -0.725. The Morgan fingerprint density at radius 3 is 2.58 bits per heavy atom. The van der Waals surface area contributed by atoms with E-state index in [0.29, 0.717) is 4.47 Å². The molecular formula is C16H14BrN3O4. The zero-order valence-corrected chi connectivity index (χ0v) is 14.1. The van der Waals surface area contributed by atoms with E-state index in [4.69, 9.17) is 4.74 Å². The summed E-state index contributed by atoms with van der Waals surface area (Å²) in [4.78, 5) is 38.7. The predicted octanol–water partition coefficient (Wildman–Crippen LogP) is 2.03. The average molecular weight is 392 g/mol. The molecule has 0 unspecified atom stereocenters. The zero-order chi connectivity index (χ0) is 17.4. The molecule has 2 N–H and O–H groups in total. The van der Waals surface area contributed by atoms with Crippen LogP contribution in [0, 0.1) is 0 Å². The van der Waals surface area contributed by atoms with Crippen LogP contribution in [0.1, 0.15) is 15.9 Å². The van der Waals surface area contributed by atoms with Gasteiger partial charge in [0.1, 0.15) is 0 Å². The molecule has 0 aliphatic carbocycles. The van der Waals surface area contributed by atoms with E-state index in [1.165, 1.54) is 18.5 Å². The SMILES string of the molecule is O=C(COC(=O)c1cncc(Br)c1)NC(=O)NCc1ccccc1. The highest BCUT2D eigenvalue weighted by Crippen LogP contribution is 2.10. The molecule has 8 heteroatoms. The maximum absolute atomic E-state index is 11.7. The molecule has 0 atom stereocenters. The lowest BCUT2D eigenvalue weighted by molar-refractivity contribution is -0.123. The van der Waals surface area contributed by atoms with Gasteiger partial charge in [-0.15, -0.1) is 0 Å². The number of urea groups is 1. The van der Waals surface area contributed by atoms with E-state index in [9.17, 15) is 14.4 Å². The number of benzene rings is 1. The van der Waals surface area contributed by atoms with E-state index in [-0.39, 0.29) is 12.1 Å². The van der Waals surface area contributed by atoms with E-state index in [1.54, 1.807) is 0 Å². The van der Waals surface area contributed by atoms with Crippen molar-refractivity contribution in [1.29, 1.82) is 0 Å². The lowest BCUT2D eigenvalue weighted by atomic mass is 10.2. The molecule has 0 fully saturated rings. The van der Waals surface area contributed by atoms with Gasteiger partial charge in [0.25, 0.3) is 5.91 Å². The Kier molecular flexibility index (Phi) is 6.44. The number of aromatic nitrogens is 1.